The molecule has 0 bridgehead atoms. The summed E-state index contributed by atoms with van der Waals surface area (Å²) < 4.78 is 5.32. The Kier molecular flexibility index (Phi) is 3.55. The summed E-state index contributed by atoms with van der Waals surface area (Å²) in [5, 5.41) is 0. The molecule has 0 atom stereocenters. The first-order valence-corrected chi connectivity index (χ1v) is 4.09. The van der Waals surface area contributed by atoms with Crippen LogP contribution in [0.5, 0.6) is 0 Å². The number of ether oxygens (including phenoxy) is 1. The van der Waals surface area contributed by atoms with Crippen LogP contribution < -0.4 is 0 Å². The van der Waals surface area contributed by atoms with Crippen molar-refractivity contribution in [2.24, 2.45) is 0 Å². The zero-order valence-corrected chi connectivity index (χ0v) is 7.25. The van der Waals surface area contributed by atoms with Gasteiger partial charge in [-0.1, -0.05) is 37.5 Å². The molecule has 1 nitrogen and oxygen atoms in total. The van der Waals surface area contributed by atoms with Crippen molar-refractivity contribution in [3.8, 4) is 0 Å². The molecule has 1 heteroatoms. The Bertz CT molecular complexity index is 207. The van der Waals surface area contributed by atoms with Crippen molar-refractivity contribution in [1.82, 2.24) is 0 Å². The zero-order chi connectivity index (χ0) is 8.81. The molecule has 0 amide bonds. The average Bonchev–Trinajstić information content (AvgIpc) is 2.09. The summed E-state index contributed by atoms with van der Waals surface area (Å²) in [6, 6.07) is 0. The molecule has 1 fully saturated rings. The van der Waals surface area contributed by atoms with E-state index in [0.717, 1.165) is 13.0 Å². The fourth-order valence-electron chi connectivity index (χ4n) is 1.25. The van der Waals surface area contributed by atoms with E-state index < -0.39 is 0 Å². The molecule has 0 aromatic rings. The van der Waals surface area contributed by atoms with Gasteiger partial charge in [-0.05, 0) is 17.6 Å². The van der Waals surface area contributed by atoms with E-state index >= 15 is 0 Å². The summed E-state index contributed by atoms with van der Waals surface area (Å²) in [5.74, 6) is 0. The molecule has 0 spiro atoms. The quantitative estimate of drug-likeness (QED) is 0.606. The molecular weight excluding hydrogens is 148 g/mol. The van der Waals surface area contributed by atoms with Gasteiger partial charge in [0, 0.05) is 0 Å². The maximum Gasteiger partial charge on any atom is 0.0719 e. The minimum atomic E-state index is 0.700. The average molecular weight is 162 g/mol. The highest BCUT2D eigenvalue weighted by Crippen LogP contribution is 2.19. The topological polar surface area (TPSA) is 9.23 Å². The summed E-state index contributed by atoms with van der Waals surface area (Å²) >= 11 is 0. The van der Waals surface area contributed by atoms with Gasteiger partial charge in [0.05, 0.1) is 13.2 Å². The minimum Gasteiger partial charge on any atom is -0.376 e. The Hall–Kier alpha value is -1.08. The van der Waals surface area contributed by atoms with Gasteiger partial charge in [0.15, 0.2) is 0 Å². The normalized spacial score (nSPS) is 24.3. The van der Waals surface area contributed by atoms with E-state index in [4.69, 9.17) is 4.74 Å². The second kappa shape index (κ2) is 4.73. The predicted molar refractivity (Wildman–Crippen MR) is 52.0 cm³/mol. The van der Waals surface area contributed by atoms with E-state index in [-0.39, 0.29) is 0 Å². The summed E-state index contributed by atoms with van der Waals surface area (Å²) in [6.45, 7) is 8.86. The van der Waals surface area contributed by atoms with E-state index in [2.05, 4.69) is 13.2 Å². The van der Waals surface area contributed by atoms with E-state index in [1.54, 1.807) is 6.08 Å². The van der Waals surface area contributed by atoms with Gasteiger partial charge < -0.3 is 4.74 Å². The van der Waals surface area contributed by atoms with Crippen LogP contribution in [0, 0.1) is 0 Å². The van der Waals surface area contributed by atoms with E-state index in [0.29, 0.717) is 6.61 Å². The fourth-order valence-corrected chi connectivity index (χ4v) is 1.25. The van der Waals surface area contributed by atoms with Gasteiger partial charge in [0.1, 0.15) is 0 Å². The third-order valence-electron chi connectivity index (χ3n) is 1.82. The molecule has 1 rings (SSSR count). The van der Waals surface area contributed by atoms with Crippen LogP contribution in [0.25, 0.3) is 0 Å². The van der Waals surface area contributed by atoms with Gasteiger partial charge in [0.25, 0.3) is 0 Å². The molecule has 64 valence electrons. The van der Waals surface area contributed by atoms with Gasteiger partial charge in [-0.25, -0.2) is 0 Å². The van der Waals surface area contributed by atoms with Crippen molar-refractivity contribution in [1.29, 1.82) is 0 Å². The highest BCUT2D eigenvalue weighted by Gasteiger charge is 2.09. The molecule has 0 unspecified atom stereocenters. The first kappa shape index (κ1) is 9.01. The lowest BCUT2D eigenvalue weighted by Crippen LogP contribution is -2.10. The highest BCUT2D eigenvalue weighted by atomic mass is 16.5. The van der Waals surface area contributed by atoms with Gasteiger partial charge in [-0.15, -0.1) is 0 Å². The van der Waals surface area contributed by atoms with Gasteiger partial charge in [0.2, 0.25) is 0 Å². The van der Waals surface area contributed by atoms with Crippen molar-refractivity contribution in [2.75, 3.05) is 13.2 Å². The Morgan fingerprint density at radius 1 is 1.08 bits per heavy atom. The Labute approximate surface area is 73.7 Å². The van der Waals surface area contributed by atoms with Crippen molar-refractivity contribution < 1.29 is 4.74 Å². The van der Waals surface area contributed by atoms with Crippen LogP contribution in [0.2, 0.25) is 0 Å². The maximum atomic E-state index is 5.32. The molecule has 1 heterocycles. The zero-order valence-electron chi connectivity index (χ0n) is 7.25. The second-order valence-electron chi connectivity index (χ2n) is 2.66. The van der Waals surface area contributed by atoms with E-state index in [1.165, 1.54) is 11.1 Å². The van der Waals surface area contributed by atoms with Gasteiger partial charge in [-0.3, -0.25) is 0 Å². The monoisotopic (exact) mass is 162 g/mol. The van der Waals surface area contributed by atoms with Crippen LogP contribution in [0.4, 0.5) is 0 Å². The fraction of sp³-hybridized carbons (Fsp3) is 0.273. The molecule has 1 aliphatic rings. The van der Waals surface area contributed by atoms with Crippen LogP contribution in [-0.4, -0.2) is 13.2 Å². The Balaban J connectivity index is 2.80. The lowest BCUT2D eigenvalue weighted by Gasteiger charge is -2.17. The third kappa shape index (κ3) is 2.21. The highest BCUT2D eigenvalue weighted by molar-refractivity contribution is 5.37. The van der Waals surface area contributed by atoms with E-state index in [9.17, 15) is 0 Å². The summed E-state index contributed by atoms with van der Waals surface area (Å²) in [7, 11) is 0. The third-order valence-corrected chi connectivity index (χ3v) is 1.82. The largest absolute Gasteiger partial charge is 0.376 e. The lowest BCUT2D eigenvalue weighted by molar-refractivity contribution is 0.146. The summed E-state index contributed by atoms with van der Waals surface area (Å²) in [4.78, 5) is 0. The molecule has 1 aliphatic heterocycles. The number of rotatable bonds is 2. The van der Waals surface area contributed by atoms with Crippen LogP contribution >= 0.6 is 0 Å². The minimum absolute atomic E-state index is 0.700. The molecule has 0 aliphatic carbocycles. The molecule has 1 saturated heterocycles. The first-order valence-electron chi connectivity index (χ1n) is 4.09. The Morgan fingerprint density at radius 2 is 1.75 bits per heavy atom. The molecule has 0 N–H and O–H groups in total. The molecule has 12 heavy (non-hydrogen) atoms. The lowest BCUT2D eigenvalue weighted by atomic mass is 10.0. The molecule has 0 aromatic carbocycles. The van der Waals surface area contributed by atoms with Crippen molar-refractivity contribution in [2.45, 2.75) is 6.42 Å². The summed E-state index contributed by atoms with van der Waals surface area (Å²) in [6.07, 6.45) is 8.62. The molecule has 0 saturated carbocycles. The summed E-state index contributed by atoms with van der Waals surface area (Å²) in [5.41, 5.74) is 2.53. The van der Waals surface area contributed by atoms with Crippen LogP contribution in [0.1, 0.15) is 6.42 Å². The first-order chi connectivity index (χ1) is 5.88. The maximum absolute atomic E-state index is 5.32. The van der Waals surface area contributed by atoms with Crippen molar-refractivity contribution in [3.63, 3.8) is 0 Å². The van der Waals surface area contributed by atoms with Crippen LogP contribution in [0.15, 0.2) is 48.6 Å². The predicted octanol–water partition coefficient (Wildman–Crippen LogP) is 2.63. The smallest absolute Gasteiger partial charge is 0.0719 e. The number of allylic oxidation sites excluding steroid dienone is 4. The number of hydrogen-bond acceptors (Lipinski definition) is 1. The van der Waals surface area contributed by atoms with Crippen molar-refractivity contribution in [3.05, 3.63) is 48.6 Å². The Morgan fingerprint density at radius 3 is 2.42 bits per heavy atom. The SMILES string of the molecule is C=C/C=C1/CCOC/C1=C/C=C. The van der Waals surface area contributed by atoms with E-state index in [1.807, 2.05) is 18.2 Å². The van der Waals surface area contributed by atoms with Gasteiger partial charge >= 0.3 is 0 Å². The van der Waals surface area contributed by atoms with Crippen molar-refractivity contribution >= 4 is 0 Å². The standard InChI is InChI=1S/C11H14O/c1-3-5-10-7-8-12-9-11(10)6-4-2/h3-6H,1-2,7-9H2/b10-5-,11-6-. The molecular formula is C11H14O. The second-order valence-corrected chi connectivity index (χ2v) is 2.66. The number of hydrogen-bond donors (Lipinski definition) is 0. The van der Waals surface area contributed by atoms with Gasteiger partial charge in [-0.2, -0.15) is 0 Å². The van der Waals surface area contributed by atoms with Crippen LogP contribution in [0.3, 0.4) is 0 Å². The molecule has 0 aromatic heterocycles. The van der Waals surface area contributed by atoms with Crippen LogP contribution in [-0.2, 0) is 4.74 Å². The molecule has 0 radical (unpaired) electrons.